The van der Waals surface area contributed by atoms with Crippen LogP contribution in [0.5, 0.6) is 0 Å². The minimum absolute atomic E-state index is 0.453. The Kier molecular flexibility index (Phi) is 5.04. The molecule has 0 bridgehead atoms. The molecule has 2 aliphatic rings. The summed E-state index contributed by atoms with van der Waals surface area (Å²) < 4.78 is 0. The van der Waals surface area contributed by atoms with Gasteiger partial charge >= 0.3 is 0 Å². The van der Waals surface area contributed by atoms with Crippen molar-refractivity contribution in [3.05, 3.63) is 0 Å². The molecule has 0 aromatic rings. The lowest BCUT2D eigenvalue weighted by molar-refractivity contribution is 0.311. The van der Waals surface area contributed by atoms with E-state index in [1.54, 1.807) is 0 Å². The summed E-state index contributed by atoms with van der Waals surface area (Å²) >= 11 is 5.37. The summed E-state index contributed by atoms with van der Waals surface area (Å²) in [4.78, 5) is 2.52. The van der Waals surface area contributed by atoms with Crippen molar-refractivity contribution < 1.29 is 0 Å². The van der Waals surface area contributed by atoms with E-state index in [2.05, 4.69) is 22.5 Å². The third-order valence-electron chi connectivity index (χ3n) is 3.80. The maximum atomic E-state index is 5.37. The standard InChI is InChI=1S/C13H25N3S/c1-11(10-16-8-4-5-9-16)14-13(17)15-12-6-2-3-7-12/h11-12H,2-10H2,1H3,(H2,14,15,17). The molecule has 1 saturated carbocycles. The predicted octanol–water partition coefficient (Wildman–Crippen LogP) is 1.88. The smallest absolute Gasteiger partial charge is 0.166 e. The number of thiocarbonyl (C=S) groups is 1. The summed E-state index contributed by atoms with van der Waals surface area (Å²) in [5.41, 5.74) is 0. The summed E-state index contributed by atoms with van der Waals surface area (Å²) in [5.74, 6) is 0. The number of nitrogens with one attached hydrogen (secondary N) is 2. The Morgan fingerprint density at radius 1 is 1.24 bits per heavy atom. The van der Waals surface area contributed by atoms with Crippen LogP contribution in [0.1, 0.15) is 45.4 Å². The van der Waals surface area contributed by atoms with Crippen molar-refractivity contribution in [3.63, 3.8) is 0 Å². The first kappa shape index (κ1) is 13.1. The van der Waals surface area contributed by atoms with E-state index in [1.165, 1.54) is 51.6 Å². The molecule has 2 rings (SSSR count). The lowest BCUT2D eigenvalue weighted by Gasteiger charge is -2.24. The highest BCUT2D eigenvalue weighted by molar-refractivity contribution is 7.80. The second-order valence-corrected chi connectivity index (χ2v) is 5.92. The second kappa shape index (κ2) is 6.55. The maximum Gasteiger partial charge on any atom is 0.166 e. The molecule has 0 aromatic carbocycles. The molecule has 0 aromatic heterocycles. The Labute approximate surface area is 110 Å². The summed E-state index contributed by atoms with van der Waals surface area (Å²) in [6, 6.07) is 1.07. The molecule has 17 heavy (non-hydrogen) atoms. The molecule has 1 aliphatic carbocycles. The van der Waals surface area contributed by atoms with E-state index in [0.717, 1.165) is 11.7 Å². The van der Waals surface area contributed by atoms with E-state index in [4.69, 9.17) is 12.2 Å². The van der Waals surface area contributed by atoms with Crippen molar-refractivity contribution in [1.29, 1.82) is 0 Å². The topological polar surface area (TPSA) is 27.3 Å². The van der Waals surface area contributed by atoms with Crippen molar-refractivity contribution >= 4 is 17.3 Å². The van der Waals surface area contributed by atoms with Gasteiger partial charge in [0.15, 0.2) is 5.11 Å². The van der Waals surface area contributed by atoms with Crippen molar-refractivity contribution in [2.45, 2.75) is 57.5 Å². The van der Waals surface area contributed by atoms with E-state index >= 15 is 0 Å². The Balaban J connectivity index is 1.62. The lowest BCUT2D eigenvalue weighted by Crippen LogP contribution is -2.47. The molecule has 4 heteroatoms. The van der Waals surface area contributed by atoms with Gasteiger partial charge in [0.1, 0.15) is 0 Å². The molecule has 0 radical (unpaired) electrons. The number of nitrogens with zero attached hydrogens (tertiary/aromatic N) is 1. The van der Waals surface area contributed by atoms with Crippen LogP contribution in [0.15, 0.2) is 0 Å². The van der Waals surface area contributed by atoms with Gasteiger partial charge in [0.05, 0.1) is 0 Å². The molecule has 1 saturated heterocycles. The van der Waals surface area contributed by atoms with E-state index in [9.17, 15) is 0 Å². The van der Waals surface area contributed by atoms with Crippen LogP contribution in [0.2, 0.25) is 0 Å². The van der Waals surface area contributed by atoms with Crippen molar-refractivity contribution in [2.75, 3.05) is 19.6 Å². The van der Waals surface area contributed by atoms with Gasteiger partial charge < -0.3 is 15.5 Å². The molecule has 1 unspecified atom stereocenters. The van der Waals surface area contributed by atoms with Crippen LogP contribution < -0.4 is 10.6 Å². The van der Waals surface area contributed by atoms with Crippen molar-refractivity contribution in [1.82, 2.24) is 15.5 Å². The van der Waals surface area contributed by atoms with Gasteiger partial charge in [-0.1, -0.05) is 12.8 Å². The zero-order chi connectivity index (χ0) is 12.1. The first-order valence-electron chi connectivity index (χ1n) is 7.03. The SMILES string of the molecule is CC(CN1CCCC1)NC(=S)NC1CCCC1. The summed E-state index contributed by atoms with van der Waals surface area (Å²) in [6.45, 7) is 5.86. The Bertz CT molecular complexity index is 245. The van der Waals surface area contributed by atoms with Crippen LogP contribution in [0, 0.1) is 0 Å². The predicted molar refractivity (Wildman–Crippen MR) is 76.3 cm³/mol. The Hall–Kier alpha value is -0.350. The third-order valence-corrected chi connectivity index (χ3v) is 4.03. The van der Waals surface area contributed by atoms with Gasteiger partial charge in [-0.05, 0) is 57.9 Å². The largest absolute Gasteiger partial charge is 0.360 e. The Morgan fingerprint density at radius 3 is 2.53 bits per heavy atom. The van der Waals surface area contributed by atoms with E-state index in [1.807, 2.05) is 0 Å². The van der Waals surface area contributed by atoms with Gasteiger partial charge in [0.25, 0.3) is 0 Å². The maximum absolute atomic E-state index is 5.37. The van der Waals surface area contributed by atoms with E-state index in [-0.39, 0.29) is 0 Å². The fourth-order valence-corrected chi connectivity index (χ4v) is 3.29. The zero-order valence-corrected chi connectivity index (χ0v) is 11.7. The third kappa shape index (κ3) is 4.43. The minimum Gasteiger partial charge on any atom is -0.360 e. The van der Waals surface area contributed by atoms with E-state index in [0.29, 0.717) is 12.1 Å². The van der Waals surface area contributed by atoms with Crippen molar-refractivity contribution in [3.8, 4) is 0 Å². The monoisotopic (exact) mass is 255 g/mol. The number of hydrogen-bond acceptors (Lipinski definition) is 2. The molecule has 1 atom stereocenters. The number of hydrogen-bond donors (Lipinski definition) is 2. The van der Waals surface area contributed by atoms with Crippen LogP contribution in [-0.2, 0) is 0 Å². The van der Waals surface area contributed by atoms with Crippen LogP contribution in [-0.4, -0.2) is 41.7 Å². The van der Waals surface area contributed by atoms with Gasteiger partial charge in [-0.3, -0.25) is 0 Å². The fraction of sp³-hybridized carbons (Fsp3) is 0.923. The molecule has 98 valence electrons. The van der Waals surface area contributed by atoms with Crippen LogP contribution in [0.25, 0.3) is 0 Å². The normalized spacial score (nSPS) is 23.8. The zero-order valence-electron chi connectivity index (χ0n) is 10.9. The number of rotatable bonds is 4. The average Bonchev–Trinajstić information content (AvgIpc) is 2.90. The highest BCUT2D eigenvalue weighted by Gasteiger charge is 2.18. The summed E-state index contributed by atoms with van der Waals surface area (Å²) in [6.07, 6.45) is 7.98. The van der Waals surface area contributed by atoms with Crippen LogP contribution in [0.4, 0.5) is 0 Å². The van der Waals surface area contributed by atoms with Gasteiger partial charge in [0.2, 0.25) is 0 Å². The molecular formula is C13H25N3S. The minimum atomic E-state index is 0.453. The Morgan fingerprint density at radius 2 is 1.88 bits per heavy atom. The molecule has 0 spiro atoms. The first-order valence-corrected chi connectivity index (χ1v) is 7.44. The fourth-order valence-electron chi connectivity index (χ4n) is 2.92. The molecule has 2 N–H and O–H groups in total. The molecule has 0 amide bonds. The van der Waals surface area contributed by atoms with E-state index < -0.39 is 0 Å². The van der Waals surface area contributed by atoms with Crippen LogP contribution in [0.3, 0.4) is 0 Å². The molecule has 2 fully saturated rings. The summed E-state index contributed by atoms with van der Waals surface area (Å²) in [7, 11) is 0. The first-order chi connectivity index (χ1) is 8.24. The number of likely N-dealkylation sites (tertiary alicyclic amines) is 1. The summed E-state index contributed by atoms with van der Waals surface area (Å²) in [5, 5.41) is 7.70. The van der Waals surface area contributed by atoms with Gasteiger partial charge in [-0.15, -0.1) is 0 Å². The second-order valence-electron chi connectivity index (χ2n) is 5.51. The van der Waals surface area contributed by atoms with Gasteiger partial charge in [-0.2, -0.15) is 0 Å². The molecule has 1 heterocycles. The van der Waals surface area contributed by atoms with Crippen molar-refractivity contribution in [2.24, 2.45) is 0 Å². The van der Waals surface area contributed by atoms with Gasteiger partial charge in [0, 0.05) is 18.6 Å². The lowest BCUT2D eigenvalue weighted by atomic mass is 10.2. The molecule has 3 nitrogen and oxygen atoms in total. The average molecular weight is 255 g/mol. The quantitative estimate of drug-likeness (QED) is 0.750. The molecular weight excluding hydrogens is 230 g/mol. The van der Waals surface area contributed by atoms with Crippen LogP contribution >= 0.6 is 12.2 Å². The molecule has 1 aliphatic heterocycles. The highest BCUT2D eigenvalue weighted by Crippen LogP contribution is 2.17. The highest BCUT2D eigenvalue weighted by atomic mass is 32.1. The van der Waals surface area contributed by atoms with Gasteiger partial charge in [-0.25, -0.2) is 0 Å².